The first-order chi connectivity index (χ1) is 10.7. The van der Waals surface area contributed by atoms with E-state index in [4.69, 9.17) is 16.3 Å². The highest BCUT2D eigenvalue weighted by atomic mass is 35.5. The third-order valence-corrected chi connectivity index (χ3v) is 4.19. The average molecular weight is 325 g/mol. The van der Waals surface area contributed by atoms with E-state index < -0.39 is 0 Å². The van der Waals surface area contributed by atoms with Gasteiger partial charge in [-0.15, -0.1) is 0 Å². The van der Waals surface area contributed by atoms with Gasteiger partial charge in [-0.05, 0) is 69.4 Å². The van der Waals surface area contributed by atoms with Crippen LogP contribution in [0.15, 0.2) is 24.3 Å². The molecule has 1 fully saturated rings. The van der Waals surface area contributed by atoms with Crippen molar-refractivity contribution in [2.45, 2.75) is 32.2 Å². The van der Waals surface area contributed by atoms with Crippen LogP contribution < -0.4 is 10.6 Å². The van der Waals surface area contributed by atoms with Crippen LogP contribution in [0.2, 0.25) is 5.02 Å². The van der Waals surface area contributed by atoms with Crippen molar-refractivity contribution >= 4 is 17.6 Å². The monoisotopic (exact) mass is 324 g/mol. The van der Waals surface area contributed by atoms with Crippen LogP contribution in [-0.2, 0) is 16.0 Å². The number of hydrogen-bond acceptors (Lipinski definition) is 4. The van der Waals surface area contributed by atoms with Crippen molar-refractivity contribution < 1.29 is 9.53 Å². The molecular weight excluding hydrogens is 300 g/mol. The minimum atomic E-state index is -0.319. The van der Waals surface area contributed by atoms with Gasteiger partial charge in [0.15, 0.2) is 0 Å². The van der Waals surface area contributed by atoms with Gasteiger partial charge >= 0.3 is 5.97 Å². The van der Waals surface area contributed by atoms with E-state index in [9.17, 15) is 4.79 Å². The molecule has 0 amide bonds. The van der Waals surface area contributed by atoms with E-state index in [0.29, 0.717) is 24.0 Å². The number of hydrogen-bond donors (Lipinski definition) is 2. The standard InChI is InChI=1S/C17H25ClN2O2/c1-2-22-17(21)16(10-13-5-3-7-15(18)9-13)20-12-14-6-4-8-19-11-14/h3,5,7,9,14,16,19-20H,2,4,6,8,10-12H2,1H3. The lowest BCUT2D eigenvalue weighted by atomic mass is 9.98. The normalized spacial score (nSPS) is 19.6. The molecule has 4 nitrogen and oxygen atoms in total. The first-order valence-electron chi connectivity index (χ1n) is 8.04. The minimum Gasteiger partial charge on any atom is -0.465 e. The van der Waals surface area contributed by atoms with Gasteiger partial charge in [0.1, 0.15) is 6.04 Å². The molecule has 1 aliphatic heterocycles. The molecule has 2 rings (SSSR count). The van der Waals surface area contributed by atoms with Crippen molar-refractivity contribution in [3.8, 4) is 0 Å². The quantitative estimate of drug-likeness (QED) is 0.756. The summed E-state index contributed by atoms with van der Waals surface area (Å²) < 4.78 is 5.20. The van der Waals surface area contributed by atoms with E-state index >= 15 is 0 Å². The highest BCUT2D eigenvalue weighted by Gasteiger charge is 2.22. The zero-order chi connectivity index (χ0) is 15.8. The van der Waals surface area contributed by atoms with Gasteiger partial charge in [0.2, 0.25) is 0 Å². The van der Waals surface area contributed by atoms with Gasteiger partial charge in [0.05, 0.1) is 6.61 Å². The molecule has 0 radical (unpaired) electrons. The van der Waals surface area contributed by atoms with Gasteiger partial charge in [0, 0.05) is 5.02 Å². The second-order valence-electron chi connectivity index (χ2n) is 5.76. The summed E-state index contributed by atoms with van der Waals surface area (Å²) >= 11 is 6.02. The van der Waals surface area contributed by atoms with Gasteiger partial charge in [0.25, 0.3) is 0 Å². The summed E-state index contributed by atoms with van der Waals surface area (Å²) in [7, 11) is 0. The molecule has 22 heavy (non-hydrogen) atoms. The number of carbonyl (C=O) groups excluding carboxylic acids is 1. The molecule has 0 spiro atoms. The smallest absolute Gasteiger partial charge is 0.323 e. The van der Waals surface area contributed by atoms with E-state index in [1.54, 1.807) is 0 Å². The zero-order valence-corrected chi connectivity index (χ0v) is 13.9. The molecule has 2 unspecified atom stereocenters. The van der Waals surface area contributed by atoms with Crippen molar-refractivity contribution in [1.82, 2.24) is 10.6 Å². The Morgan fingerprint density at radius 1 is 1.55 bits per heavy atom. The van der Waals surface area contributed by atoms with Crippen molar-refractivity contribution in [3.63, 3.8) is 0 Å². The second kappa shape index (κ2) is 9.13. The van der Waals surface area contributed by atoms with Crippen LogP contribution >= 0.6 is 11.6 Å². The molecule has 0 saturated carbocycles. The maximum atomic E-state index is 12.2. The number of nitrogens with one attached hydrogen (secondary N) is 2. The maximum Gasteiger partial charge on any atom is 0.323 e. The largest absolute Gasteiger partial charge is 0.465 e. The second-order valence-corrected chi connectivity index (χ2v) is 6.20. The molecule has 0 aliphatic carbocycles. The van der Waals surface area contributed by atoms with Crippen LogP contribution in [0.3, 0.4) is 0 Å². The first-order valence-corrected chi connectivity index (χ1v) is 8.42. The summed E-state index contributed by atoms with van der Waals surface area (Å²) in [4.78, 5) is 12.2. The molecule has 0 bridgehead atoms. The van der Waals surface area contributed by atoms with Gasteiger partial charge in [-0.25, -0.2) is 0 Å². The van der Waals surface area contributed by atoms with Crippen LogP contribution in [0.1, 0.15) is 25.3 Å². The first kappa shape index (κ1) is 17.3. The van der Waals surface area contributed by atoms with Crippen molar-refractivity contribution in [3.05, 3.63) is 34.9 Å². The predicted molar refractivity (Wildman–Crippen MR) is 89.2 cm³/mol. The average Bonchev–Trinajstić information content (AvgIpc) is 2.52. The fourth-order valence-corrected chi connectivity index (χ4v) is 3.00. The fraction of sp³-hybridized carbons (Fsp3) is 0.588. The number of benzene rings is 1. The molecule has 0 aromatic heterocycles. The Hall–Kier alpha value is -1.10. The molecule has 5 heteroatoms. The Balaban J connectivity index is 1.94. The van der Waals surface area contributed by atoms with Crippen molar-refractivity contribution in [1.29, 1.82) is 0 Å². The van der Waals surface area contributed by atoms with Crippen molar-refractivity contribution in [2.24, 2.45) is 5.92 Å². The van der Waals surface area contributed by atoms with Crippen LogP contribution in [-0.4, -0.2) is 38.3 Å². The Morgan fingerprint density at radius 2 is 2.41 bits per heavy atom. The summed E-state index contributed by atoms with van der Waals surface area (Å²) in [5.74, 6) is 0.385. The van der Waals surface area contributed by atoms with Gasteiger partial charge in [-0.1, -0.05) is 23.7 Å². The number of piperidine rings is 1. The van der Waals surface area contributed by atoms with E-state index in [2.05, 4.69) is 10.6 Å². The number of esters is 1. The lowest BCUT2D eigenvalue weighted by Gasteiger charge is -2.25. The van der Waals surface area contributed by atoms with E-state index in [1.165, 1.54) is 12.8 Å². The van der Waals surface area contributed by atoms with Crippen molar-refractivity contribution in [2.75, 3.05) is 26.2 Å². The van der Waals surface area contributed by atoms with Crippen LogP contribution in [0.4, 0.5) is 0 Å². The Kier molecular flexibility index (Phi) is 7.16. The lowest BCUT2D eigenvalue weighted by Crippen LogP contribution is -2.45. The number of carbonyl (C=O) groups is 1. The molecule has 2 atom stereocenters. The molecular formula is C17H25ClN2O2. The van der Waals surface area contributed by atoms with E-state index in [-0.39, 0.29) is 12.0 Å². The van der Waals surface area contributed by atoms with E-state index in [1.807, 2.05) is 31.2 Å². The Bertz CT molecular complexity index is 475. The number of rotatable bonds is 7. The molecule has 1 aromatic carbocycles. The summed E-state index contributed by atoms with van der Waals surface area (Å²) in [6.07, 6.45) is 3.00. The Labute approximate surface area is 137 Å². The topological polar surface area (TPSA) is 50.4 Å². The number of halogens is 1. The van der Waals surface area contributed by atoms with Gasteiger partial charge < -0.3 is 15.4 Å². The molecule has 1 aromatic rings. The highest BCUT2D eigenvalue weighted by Crippen LogP contribution is 2.14. The fourth-order valence-electron chi connectivity index (χ4n) is 2.79. The summed E-state index contributed by atoms with van der Waals surface area (Å²) in [6, 6.07) is 7.32. The summed E-state index contributed by atoms with van der Waals surface area (Å²) in [5.41, 5.74) is 1.04. The molecule has 2 N–H and O–H groups in total. The minimum absolute atomic E-state index is 0.189. The Morgan fingerprint density at radius 3 is 3.09 bits per heavy atom. The van der Waals surface area contributed by atoms with Crippen LogP contribution in [0, 0.1) is 5.92 Å². The number of ether oxygens (including phenoxy) is 1. The van der Waals surface area contributed by atoms with Crippen LogP contribution in [0.5, 0.6) is 0 Å². The molecule has 1 heterocycles. The molecule has 122 valence electrons. The van der Waals surface area contributed by atoms with E-state index in [0.717, 1.165) is 25.2 Å². The molecule has 1 saturated heterocycles. The zero-order valence-electron chi connectivity index (χ0n) is 13.1. The summed E-state index contributed by atoms with van der Waals surface area (Å²) in [5, 5.41) is 7.47. The molecule has 1 aliphatic rings. The third-order valence-electron chi connectivity index (χ3n) is 3.95. The maximum absolute atomic E-state index is 12.2. The lowest BCUT2D eigenvalue weighted by molar-refractivity contribution is -0.145. The summed E-state index contributed by atoms with van der Waals surface area (Å²) in [6.45, 7) is 5.17. The SMILES string of the molecule is CCOC(=O)C(Cc1cccc(Cl)c1)NCC1CCCNC1. The van der Waals surface area contributed by atoms with Gasteiger partial charge in [-0.2, -0.15) is 0 Å². The predicted octanol–water partition coefficient (Wildman–Crippen LogP) is 2.40. The van der Waals surface area contributed by atoms with Crippen LogP contribution in [0.25, 0.3) is 0 Å². The van der Waals surface area contributed by atoms with Gasteiger partial charge in [-0.3, -0.25) is 4.79 Å². The highest BCUT2D eigenvalue weighted by molar-refractivity contribution is 6.30. The third kappa shape index (κ3) is 5.59.